The van der Waals surface area contributed by atoms with Crippen LogP contribution in [0.1, 0.15) is 35.4 Å². The van der Waals surface area contributed by atoms with Crippen molar-refractivity contribution in [1.29, 1.82) is 5.26 Å². The van der Waals surface area contributed by atoms with E-state index in [2.05, 4.69) is 4.72 Å². The first-order valence-electron chi connectivity index (χ1n) is 12.7. The van der Waals surface area contributed by atoms with Crippen LogP contribution in [0.2, 0.25) is 0 Å². The van der Waals surface area contributed by atoms with E-state index in [4.69, 9.17) is 10.1 Å². The number of nitrogens with one attached hydrogen (secondary N) is 1. The Morgan fingerprint density at radius 2 is 1.50 bits per heavy atom. The van der Waals surface area contributed by atoms with E-state index in [1.807, 2.05) is 66.7 Å². The third-order valence-electron chi connectivity index (χ3n) is 6.45. The van der Waals surface area contributed by atoms with Crippen LogP contribution in [0.5, 0.6) is 0 Å². The second kappa shape index (κ2) is 13.0. The van der Waals surface area contributed by atoms with Crippen LogP contribution in [0.15, 0.2) is 89.8 Å². The monoisotopic (exact) mass is 560 g/mol. The Labute approximate surface area is 232 Å². The Balaban J connectivity index is 1.27. The SMILES string of the molecule is N#Cc1ccc(S(=O)(=O)NCCCN2CCN(OC(=O)CC(c3ccccc3)c3ccccc3)C(=O)C2=O)cc1. The maximum absolute atomic E-state index is 12.8. The third-order valence-corrected chi connectivity index (χ3v) is 7.92. The summed E-state index contributed by atoms with van der Waals surface area (Å²) in [5, 5.41) is 9.64. The molecule has 0 spiro atoms. The lowest BCUT2D eigenvalue weighted by molar-refractivity contribution is -0.205. The van der Waals surface area contributed by atoms with Crippen molar-refractivity contribution in [3.63, 3.8) is 0 Å². The van der Waals surface area contributed by atoms with Crippen LogP contribution in [0.3, 0.4) is 0 Å². The summed E-state index contributed by atoms with van der Waals surface area (Å²) in [5.74, 6) is -2.69. The zero-order valence-corrected chi connectivity index (χ0v) is 22.4. The maximum Gasteiger partial charge on any atom is 0.344 e. The molecule has 1 aliphatic heterocycles. The number of carbonyl (C=O) groups is 3. The molecule has 10 nitrogen and oxygen atoms in total. The number of hydrogen-bond donors (Lipinski definition) is 1. The lowest BCUT2D eigenvalue weighted by Crippen LogP contribution is -2.55. The molecule has 0 aromatic heterocycles. The second-order valence-electron chi connectivity index (χ2n) is 9.13. The zero-order chi connectivity index (χ0) is 28.5. The molecule has 0 radical (unpaired) electrons. The highest BCUT2D eigenvalue weighted by atomic mass is 32.2. The minimum Gasteiger partial charge on any atom is -0.338 e. The lowest BCUT2D eigenvalue weighted by Gasteiger charge is -2.32. The van der Waals surface area contributed by atoms with Gasteiger partial charge in [-0.05, 0) is 41.8 Å². The van der Waals surface area contributed by atoms with Crippen LogP contribution >= 0.6 is 0 Å². The minimum absolute atomic E-state index is 0.00855. The fourth-order valence-corrected chi connectivity index (χ4v) is 5.43. The molecule has 0 aliphatic carbocycles. The van der Waals surface area contributed by atoms with E-state index in [1.54, 1.807) is 0 Å². The van der Waals surface area contributed by atoms with Crippen molar-refractivity contribution in [3.8, 4) is 6.07 Å². The smallest absolute Gasteiger partial charge is 0.338 e. The maximum atomic E-state index is 12.8. The molecule has 1 saturated heterocycles. The first-order chi connectivity index (χ1) is 19.3. The van der Waals surface area contributed by atoms with Crippen molar-refractivity contribution in [2.75, 3.05) is 26.2 Å². The molecular formula is C29H28N4O6S. The lowest BCUT2D eigenvalue weighted by atomic mass is 9.89. The van der Waals surface area contributed by atoms with Gasteiger partial charge in [-0.15, -0.1) is 0 Å². The zero-order valence-electron chi connectivity index (χ0n) is 21.6. The summed E-state index contributed by atoms with van der Waals surface area (Å²) in [6.07, 6.45) is 0.249. The summed E-state index contributed by atoms with van der Waals surface area (Å²) in [6.45, 7) is 0.335. The van der Waals surface area contributed by atoms with Crippen LogP contribution in [0, 0.1) is 11.3 Å². The highest BCUT2D eigenvalue weighted by Crippen LogP contribution is 2.28. The van der Waals surface area contributed by atoms with E-state index < -0.39 is 27.8 Å². The average Bonchev–Trinajstić information content (AvgIpc) is 2.98. The van der Waals surface area contributed by atoms with E-state index in [0.29, 0.717) is 5.56 Å². The topological polar surface area (TPSA) is 137 Å². The Hall–Kier alpha value is -4.53. The molecule has 40 heavy (non-hydrogen) atoms. The molecule has 0 atom stereocenters. The molecule has 3 aromatic rings. The molecule has 0 bridgehead atoms. The van der Waals surface area contributed by atoms with E-state index in [1.165, 1.54) is 29.2 Å². The number of hydroxylamine groups is 2. The number of piperazine rings is 1. The third kappa shape index (κ3) is 7.11. The number of sulfonamides is 1. The highest BCUT2D eigenvalue weighted by Gasteiger charge is 2.35. The van der Waals surface area contributed by atoms with Gasteiger partial charge in [0.1, 0.15) is 0 Å². The Morgan fingerprint density at radius 3 is 2.08 bits per heavy atom. The molecule has 1 aliphatic rings. The minimum atomic E-state index is -3.78. The highest BCUT2D eigenvalue weighted by molar-refractivity contribution is 7.89. The summed E-state index contributed by atoms with van der Waals surface area (Å²) in [5.41, 5.74) is 2.19. The predicted molar refractivity (Wildman–Crippen MR) is 145 cm³/mol. The molecule has 3 aromatic carbocycles. The van der Waals surface area contributed by atoms with E-state index in [9.17, 15) is 22.8 Å². The molecule has 0 unspecified atom stereocenters. The standard InChI is InChI=1S/C29H28N4O6S/c30-21-22-12-14-25(15-13-22)40(37,38)31-16-7-17-32-18-19-33(29(36)28(32)35)39-27(34)20-26(23-8-3-1-4-9-23)24-10-5-2-6-11-24/h1-6,8-15,26,31H,7,16-20H2. The molecule has 2 amide bonds. The number of rotatable bonds is 11. The van der Waals surface area contributed by atoms with Crippen LogP contribution in [0.4, 0.5) is 0 Å². The van der Waals surface area contributed by atoms with Gasteiger partial charge in [-0.25, -0.2) is 17.9 Å². The Bertz CT molecular complexity index is 1450. The van der Waals surface area contributed by atoms with Gasteiger partial charge < -0.3 is 9.74 Å². The molecule has 1 heterocycles. The number of nitriles is 1. The Morgan fingerprint density at radius 1 is 0.900 bits per heavy atom. The van der Waals surface area contributed by atoms with Gasteiger partial charge in [-0.2, -0.15) is 10.3 Å². The van der Waals surface area contributed by atoms with E-state index in [0.717, 1.165) is 16.2 Å². The van der Waals surface area contributed by atoms with E-state index in [-0.39, 0.29) is 49.8 Å². The van der Waals surface area contributed by atoms with Crippen molar-refractivity contribution in [3.05, 3.63) is 102 Å². The number of carbonyl (C=O) groups excluding carboxylic acids is 3. The molecular weight excluding hydrogens is 532 g/mol. The quantitative estimate of drug-likeness (QED) is 0.281. The van der Waals surface area contributed by atoms with Gasteiger partial charge in [0.15, 0.2) is 0 Å². The first kappa shape index (κ1) is 28.5. The fraction of sp³-hybridized carbons (Fsp3) is 0.241. The Kier molecular flexibility index (Phi) is 9.27. The molecule has 1 N–H and O–H groups in total. The molecule has 0 saturated carbocycles. The predicted octanol–water partition coefficient (Wildman–Crippen LogP) is 2.58. The largest absolute Gasteiger partial charge is 0.344 e. The summed E-state index contributed by atoms with van der Waals surface area (Å²) < 4.78 is 27.3. The average molecular weight is 561 g/mol. The molecule has 1 fully saturated rings. The van der Waals surface area contributed by atoms with Crippen molar-refractivity contribution in [1.82, 2.24) is 14.7 Å². The number of nitrogens with zero attached hydrogens (tertiary/aromatic N) is 3. The van der Waals surface area contributed by atoms with Crippen LogP contribution in [-0.4, -0.2) is 62.3 Å². The van der Waals surface area contributed by atoms with Gasteiger partial charge >= 0.3 is 17.8 Å². The summed E-state index contributed by atoms with van der Waals surface area (Å²) in [7, 11) is -3.78. The first-order valence-corrected chi connectivity index (χ1v) is 14.2. The molecule has 11 heteroatoms. The number of benzene rings is 3. The van der Waals surface area contributed by atoms with E-state index >= 15 is 0 Å². The van der Waals surface area contributed by atoms with Gasteiger partial charge in [0.05, 0.1) is 29.5 Å². The van der Waals surface area contributed by atoms with Gasteiger partial charge in [0.2, 0.25) is 10.0 Å². The summed E-state index contributed by atoms with van der Waals surface area (Å²) in [4.78, 5) is 44.8. The van der Waals surface area contributed by atoms with Gasteiger partial charge in [0.25, 0.3) is 0 Å². The van der Waals surface area contributed by atoms with Gasteiger partial charge in [-0.1, -0.05) is 60.7 Å². The molecule has 206 valence electrons. The summed E-state index contributed by atoms with van der Waals surface area (Å²) in [6, 6.07) is 26.4. The second-order valence-corrected chi connectivity index (χ2v) is 10.9. The fourth-order valence-electron chi connectivity index (χ4n) is 4.35. The molecule has 4 rings (SSSR count). The van der Waals surface area contributed by atoms with Crippen molar-refractivity contribution < 1.29 is 27.6 Å². The van der Waals surface area contributed by atoms with Crippen LogP contribution in [-0.2, 0) is 29.2 Å². The van der Waals surface area contributed by atoms with Crippen molar-refractivity contribution in [2.45, 2.75) is 23.7 Å². The van der Waals surface area contributed by atoms with Gasteiger partial charge in [-0.3, -0.25) is 9.59 Å². The summed E-state index contributed by atoms with van der Waals surface area (Å²) >= 11 is 0. The number of hydrogen-bond acceptors (Lipinski definition) is 7. The van der Waals surface area contributed by atoms with Crippen LogP contribution in [0.25, 0.3) is 0 Å². The normalized spacial score (nSPS) is 13.8. The van der Waals surface area contributed by atoms with Crippen molar-refractivity contribution >= 4 is 27.8 Å². The number of amides is 2. The van der Waals surface area contributed by atoms with Crippen molar-refractivity contribution in [2.24, 2.45) is 0 Å². The van der Waals surface area contributed by atoms with Crippen LogP contribution < -0.4 is 4.72 Å². The van der Waals surface area contributed by atoms with Gasteiger partial charge in [0, 0.05) is 25.6 Å².